The van der Waals surface area contributed by atoms with Crippen molar-refractivity contribution >= 4 is 57.8 Å². The van der Waals surface area contributed by atoms with Gasteiger partial charge in [-0.2, -0.15) is 0 Å². The van der Waals surface area contributed by atoms with Crippen LogP contribution in [0, 0.1) is 0 Å². The number of hydrogen-bond donors (Lipinski definition) is 0. The predicted molar refractivity (Wildman–Crippen MR) is 220 cm³/mol. The molecule has 0 radical (unpaired) electrons. The third-order valence-corrected chi connectivity index (χ3v) is 9.32. The number of hydrogen-bond acceptors (Lipinski definition) is 4. The van der Waals surface area contributed by atoms with Gasteiger partial charge in [0.25, 0.3) is 0 Å². The van der Waals surface area contributed by atoms with Gasteiger partial charge in [-0.05, 0) is 80.2 Å². The van der Waals surface area contributed by atoms with Crippen molar-refractivity contribution in [1.82, 2.24) is 0 Å². The minimum absolute atomic E-state index is 0.411. The van der Waals surface area contributed by atoms with E-state index in [0.29, 0.717) is 22.6 Å². The van der Waals surface area contributed by atoms with E-state index in [0.717, 1.165) is 54.9 Å². The maximum atomic E-state index is 13.0. The Kier molecular flexibility index (Phi) is 9.72. The molecule has 0 amide bonds. The van der Waals surface area contributed by atoms with Crippen LogP contribution in [0.3, 0.4) is 0 Å². The summed E-state index contributed by atoms with van der Waals surface area (Å²) in [5.74, 6) is 0.133. The first-order chi connectivity index (χ1) is 26.6. The third-order valence-electron chi connectivity index (χ3n) is 9.32. The van der Waals surface area contributed by atoms with E-state index in [-0.39, 0.29) is 0 Å². The summed E-state index contributed by atoms with van der Waals surface area (Å²) in [7, 11) is 0. The van der Waals surface area contributed by atoms with Gasteiger partial charge in [0.05, 0.1) is 11.1 Å². The van der Waals surface area contributed by atoms with Crippen LogP contribution < -0.4 is 9.47 Å². The fourth-order valence-electron chi connectivity index (χ4n) is 6.66. The number of rotatable bonds is 9. The van der Waals surface area contributed by atoms with Crippen LogP contribution in [0.4, 0.5) is 0 Å². The molecular formula is C50H34O4. The van der Waals surface area contributed by atoms with Crippen molar-refractivity contribution in [1.29, 1.82) is 0 Å². The van der Waals surface area contributed by atoms with Crippen molar-refractivity contribution in [2.75, 3.05) is 0 Å². The van der Waals surface area contributed by atoms with Crippen molar-refractivity contribution in [3.8, 4) is 22.6 Å². The van der Waals surface area contributed by atoms with E-state index in [2.05, 4.69) is 84.9 Å². The second-order valence-electron chi connectivity index (χ2n) is 12.8. The summed E-state index contributed by atoms with van der Waals surface area (Å²) in [5.41, 5.74) is 6.68. The van der Waals surface area contributed by atoms with Crippen LogP contribution in [-0.2, 0) is 0 Å². The quantitative estimate of drug-likeness (QED) is 0.0855. The summed E-state index contributed by atoms with van der Waals surface area (Å²) in [6.45, 7) is 0. The van der Waals surface area contributed by atoms with Crippen LogP contribution >= 0.6 is 0 Å². The lowest BCUT2D eigenvalue weighted by Gasteiger charge is -2.17. The van der Waals surface area contributed by atoms with Gasteiger partial charge in [0, 0.05) is 11.1 Å². The molecular weight excluding hydrogens is 665 g/mol. The Bertz CT molecular complexity index is 2500. The fourth-order valence-corrected chi connectivity index (χ4v) is 6.66. The van der Waals surface area contributed by atoms with Crippen LogP contribution in [0.2, 0.25) is 0 Å². The lowest BCUT2D eigenvalue weighted by molar-refractivity contribution is 0.0725. The maximum absolute atomic E-state index is 13.0. The molecule has 0 aromatic heterocycles. The highest BCUT2D eigenvalue weighted by Crippen LogP contribution is 2.41. The molecule has 8 aromatic rings. The van der Waals surface area contributed by atoms with Crippen molar-refractivity contribution in [3.05, 3.63) is 215 Å². The van der Waals surface area contributed by atoms with Crippen LogP contribution in [0.5, 0.6) is 11.5 Å². The molecule has 0 heterocycles. The molecule has 0 unspecified atom stereocenters. The number of fused-ring (bicyclic) bond motifs is 2. The van der Waals surface area contributed by atoms with Gasteiger partial charge in [0.2, 0.25) is 0 Å². The Labute approximate surface area is 313 Å². The normalized spacial score (nSPS) is 11.3. The number of carbonyl (C=O) groups excluding carboxylic acids is 2. The Hall–Kier alpha value is -7.30. The summed E-state index contributed by atoms with van der Waals surface area (Å²) in [4.78, 5) is 26.0. The van der Waals surface area contributed by atoms with Gasteiger partial charge in [-0.1, -0.05) is 170 Å². The first-order valence-corrected chi connectivity index (χ1v) is 17.7. The molecule has 4 heteroatoms. The fraction of sp³-hybridized carbons (Fsp3) is 0. The zero-order valence-electron chi connectivity index (χ0n) is 29.3. The van der Waals surface area contributed by atoms with E-state index in [1.54, 1.807) is 24.3 Å². The smallest absolute Gasteiger partial charge is 0.343 e. The van der Waals surface area contributed by atoms with Crippen molar-refractivity contribution in [2.24, 2.45) is 0 Å². The summed E-state index contributed by atoms with van der Waals surface area (Å²) < 4.78 is 11.8. The molecule has 8 rings (SSSR count). The molecule has 0 aliphatic carbocycles. The summed E-state index contributed by atoms with van der Waals surface area (Å²) >= 11 is 0. The van der Waals surface area contributed by atoms with E-state index in [1.165, 1.54) is 0 Å². The molecule has 0 bridgehead atoms. The number of benzene rings is 8. The molecule has 0 spiro atoms. The Balaban J connectivity index is 1.23. The molecule has 0 aliphatic heterocycles. The van der Waals surface area contributed by atoms with Gasteiger partial charge in [0.1, 0.15) is 11.5 Å². The van der Waals surface area contributed by atoms with Crippen molar-refractivity contribution in [3.63, 3.8) is 0 Å². The number of para-hydroxylation sites is 2. The molecule has 0 aliphatic rings. The molecule has 0 atom stereocenters. The first-order valence-electron chi connectivity index (χ1n) is 17.7. The van der Waals surface area contributed by atoms with E-state index in [1.807, 2.05) is 97.1 Å². The summed E-state index contributed by atoms with van der Waals surface area (Å²) in [6.07, 6.45) is 8.17. The van der Waals surface area contributed by atoms with Gasteiger partial charge in [-0.15, -0.1) is 0 Å². The molecule has 0 saturated heterocycles. The number of carbonyl (C=O) groups is 2. The molecule has 0 fully saturated rings. The van der Waals surface area contributed by atoms with Gasteiger partial charge in [-0.3, -0.25) is 0 Å². The first kappa shape index (κ1) is 33.8. The monoisotopic (exact) mass is 698 g/mol. The van der Waals surface area contributed by atoms with Gasteiger partial charge < -0.3 is 9.47 Å². The zero-order valence-corrected chi connectivity index (χ0v) is 29.3. The van der Waals surface area contributed by atoms with Gasteiger partial charge in [0.15, 0.2) is 0 Å². The number of esters is 2. The van der Waals surface area contributed by atoms with Gasteiger partial charge in [-0.25, -0.2) is 9.59 Å². The highest BCUT2D eigenvalue weighted by Gasteiger charge is 2.17. The summed E-state index contributed by atoms with van der Waals surface area (Å²) in [6, 6.07) is 58.5. The average molecular weight is 699 g/mol. The Morgan fingerprint density at radius 2 is 0.685 bits per heavy atom. The lowest BCUT2D eigenvalue weighted by atomic mass is 9.86. The minimum atomic E-state index is -0.411. The predicted octanol–water partition coefficient (Wildman–Crippen LogP) is 12.4. The SMILES string of the molecule is O=C(Oc1ccccc1/C=C\c1ccc2ccccc2c1-c1c(/C=C\c2ccccc2OC(=O)c2ccccc2)ccc2ccccc12)c1ccccc1. The van der Waals surface area contributed by atoms with Crippen LogP contribution in [0.25, 0.3) is 57.0 Å². The van der Waals surface area contributed by atoms with Crippen molar-refractivity contribution in [2.45, 2.75) is 0 Å². The largest absolute Gasteiger partial charge is 0.422 e. The molecule has 54 heavy (non-hydrogen) atoms. The van der Waals surface area contributed by atoms with Crippen LogP contribution in [0.15, 0.2) is 182 Å². The van der Waals surface area contributed by atoms with Crippen molar-refractivity contribution < 1.29 is 19.1 Å². The maximum Gasteiger partial charge on any atom is 0.343 e. The van der Waals surface area contributed by atoms with Crippen LogP contribution in [0.1, 0.15) is 43.0 Å². The second-order valence-corrected chi connectivity index (χ2v) is 12.8. The summed E-state index contributed by atoms with van der Waals surface area (Å²) in [5, 5.41) is 4.43. The van der Waals surface area contributed by atoms with E-state index in [9.17, 15) is 9.59 Å². The topological polar surface area (TPSA) is 52.6 Å². The Morgan fingerprint density at radius 3 is 1.13 bits per heavy atom. The second kappa shape index (κ2) is 15.5. The number of ether oxygens (including phenoxy) is 2. The molecule has 0 N–H and O–H groups in total. The molecule has 4 nitrogen and oxygen atoms in total. The standard InChI is InChI=1S/C50H34O4/c51-49(41-19-3-1-4-20-41)53-45-25-13-9-17-37(45)29-33-39-31-27-35-15-7-11-23-43(35)47(39)48-40(32-28-36-16-8-12-24-44(36)48)34-30-38-18-10-14-26-46(38)54-50(52)42-21-5-2-6-22-42/h1-34H/b33-29-,34-30-. The minimum Gasteiger partial charge on any atom is -0.422 e. The van der Waals surface area contributed by atoms with Gasteiger partial charge >= 0.3 is 11.9 Å². The molecule has 8 aromatic carbocycles. The highest BCUT2D eigenvalue weighted by atomic mass is 16.5. The van der Waals surface area contributed by atoms with E-state index < -0.39 is 11.9 Å². The lowest BCUT2D eigenvalue weighted by Crippen LogP contribution is -2.08. The highest BCUT2D eigenvalue weighted by molar-refractivity contribution is 6.11. The van der Waals surface area contributed by atoms with E-state index in [4.69, 9.17) is 9.47 Å². The average Bonchev–Trinajstić information content (AvgIpc) is 3.23. The van der Waals surface area contributed by atoms with E-state index >= 15 is 0 Å². The zero-order chi connectivity index (χ0) is 36.7. The molecule has 0 saturated carbocycles. The Morgan fingerprint density at radius 1 is 0.333 bits per heavy atom. The third kappa shape index (κ3) is 7.22. The van der Waals surface area contributed by atoms with Crippen LogP contribution in [-0.4, -0.2) is 11.9 Å². The molecule has 258 valence electrons.